The number of nitrogens with two attached hydrogens (primary N) is 1. The molecule has 96 valence electrons. The van der Waals surface area contributed by atoms with E-state index in [1.54, 1.807) is 0 Å². The van der Waals surface area contributed by atoms with Crippen molar-refractivity contribution in [2.24, 2.45) is 0 Å². The van der Waals surface area contributed by atoms with E-state index in [0.29, 0.717) is 5.69 Å². The number of hydrogen-bond acceptors (Lipinski definition) is 5. The standard InChI is InChI=1S/C11H13N3O3S/c12-6-1-7-14-11(15)8-18(16,17)10-4-2-9(13)3-5-10/h2-5H,1,7-8,13H2,(H,14,15). The lowest BCUT2D eigenvalue weighted by molar-refractivity contribution is -0.118. The number of amides is 1. The number of rotatable bonds is 5. The maximum absolute atomic E-state index is 11.8. The van der Waals surface area contributed by atoms with E-state index in [9.17, 15) is 13.2 Å². The Kier molecular flexibility index (Phi) is 4.68. The zero-order chi connectivity index (χ0) is 13.6. The summed E-state index contributed by atoms with van der Waals surface area (Å²) in [6.45, 7) is 0.145. The summed E-state index contributed by atoms with van der Waals surface area (Å²) < 4.78 is 23.6. The van der Waals surface area contributed by atoms with E-state index in [2.05, 4.69) is 5.32 Å². The lowest BCUT2D eigenvalue weighted by Gasteiger charge is -2.05. The topological polar surface area (TPSA) is 113 Å². The second-order valence-electron chi connectivity index (χ2n) is 3.59. The molecule has 0 aromatic heterocycles. The van der Waals surface area contributed by atoms with Gasteiger partial charge in [-0.25, -0.2) is 8.42 Å². The van der Waals surface area contributed by atoms with Crippen LogP contribution in [0.5, 0.6) is 0 Å². The van der Waals surface area contributed by atoms with E-state index in [-0.39, 0.29) is 17.9 Å². The van der Waals surface area contributed by atoms with Crippen LogP contribution in [0.3, 0.4) is 0 Å². The molecule has 0 radical (unpaired) electrons. The molecule has 1 aromatic carbocycles. The van der Waals surface area contributed by atoms with Crippen molar-refractivity contribution >= 4 is 21.4 Å². The Balaban J connectivity index is 2.68. The lowest BCUT2D eigenvalue weighted by Crippen LogP contribution is -2.30. The van der Waals surface area contributed by atoms with Gasteiger partial charge in [-0.05, 0) is 24.3 Å². The van der Waals surface area contributed by atoms with Crippen molar-refractivity contribution in [3.8, 4) is 6.07 Å². The Morgan fingerprint density at radius 1 is 1.33 bits per heavy atom. The average molecular weight is 267 g/mol. The number of nitrogen functional groups attached to an aromatic ring is 1. The molecule has 0 heterocycles. The highest BCUT2D eigenvalue weighted by molar-refractivity contribution is 7.92. The zero-order valence-electron chi connectivity index (χ0n) is 9.59. The molecule has 3 N–H and O–H groups in total. The zero-order valence-corrected chi connectivity index (χ0v) is 10.4. The van der Waals surface area contributed by atoms with E-state index in [0.717, 1.165) is 0 Å². The first-order chi connectivity index (χ1) is 8.45. The normalized spacial score (nSPS) is 10.6. The van der Waals surface area contributed by atoms with E-state index in [1.807, 2.05) is 6.07 Å². The number of carbonyl (C=O) groups is 1. The molecule has 0 saturated carbocycles. The predicted octanol–water partition coefficient (Wildman–Crippen LogP) is 0.0724. The van der Waals surface area contributed by atoms with Gasteiger partial charge < -0.3 is 11.1 Å². The van der Waals surface area contributed by atoms with Crippen LogP contribution in [0.25, 0.3) is 0 Å². The van der Waals surface area contributed by atoms with Gasteiger partial charge in [0.1, 0.15) is 5.75 Å². The lowest BCUT2D eigenvalue weighted by atomic mass is 10.3. The number of nitrogens with zero attached hydrogens (tertiary/aromatic N) is 1. The molecule has 0 atom stereocenters. The number of nitrogens with one attached hydrogen (secondary N) is 1. The number of nitriles is 1. The number of hydrogen-bond donors (Lipinski definition) is 2. The van der Waals surface area contributed by atoms with Gasteiger partial charge in [0.25, 0.3) is 0 Å². The second-order valence-corrected chi connectivity index (χ2v) is 5.58. The third-order valence-electron chi connectivity index (χ3n) is 2.12. The minimum Gasteiger partial charge on any atom is -0.399 e. The van der Waals surface area contributed by atoms with E-state index in [4.69, 9.17) is 11.0 Å². The van der Waals surface area contributed by atoms with Crippen molar-refractivity contribution in [2.45, 2.75) is 11.3 Å². The van der Waals surface area contributed by atoms with Crippen LogP contribution in [0.2, 0.25) is 0 Å². The molecule has 0 saturated heterocycles. The number of anilines is 1. The Hall–Kier alpha value is -2.07. The Morgan fingerprint density at radius 2 is 1.94 bits per heavy atom. The van der Waals surface area contributed by atoms with Crippen molar-refractivity contribution in [1.82, 2.24) is 5.32 Å². The monoisotopic (exact) mass is 267 g/mol. The maximum Gasteiger partial charge on any atom is 0.235 e. The van der Waals surface area contributed by atoms with Crippen LogP contribution in [-0.4, -0.2) is 26.6 Å². The first-order valence-electron chi connectivity index (χ1n) is 5.17. The quantitative estimate of drug-likeness (QED) is 0.579. The van der Waals surface area contributed by atoms with Gasteiger partial charge in [-0.3, -0.25) is 4.79 Å². The molecule has 0 aliphatic carbocycles. The summed E-state index contributed by atoms with van der Waals surface area (Å²) in [5.74, 6) is -1.26. The predicted molar refractivity (Wildman–Crippen MR) is 66.1 cm³/mol. The first kappa shape index (κ1) is 14.0. The summed E-state index contributed by atoms with van der Waals surface area (Å²) in [7, 11) is -3.66. The van der Waals surface area contributed by atoms with Gasteiger partial charge >= 0.3 is 0 Å². The summed E-state index contributed by atoms with van der Waals surface area (Å²) in [6.07, 6.45) is 0.146. The molecular weight excluding hydrogens is 254 g/mol. The summed E-state index contributed by atoms with van der Waals surface area (Å²) in [4.78, 5) is 11.4. The average Bonchev–Trinajstić information content (AvgIpc) is 2.29. The van der Waals surface area contributed by atoms with Crippen molar-refractivity contribution in [2.75, 3.05) is 18.0 Å². The molecule has 18 heavy (non-hydrogen) atoms. The van der Waals surface area contributed by atoms with Crippen LogP contribution in [0.1, 0.15) is 6.42 Å². The molecule has 0 spiro atoms. The van der Waals surface area contributed by atoms with Crippen LogP contribution >= 0.6 is 0 Å². The Labute approximate surface area is 105 Å². The van der Waals surface area contributed by atoms with E-state index >= 15 is 0 Å². The van der Waals surface area contributed by atoms with Crippen molar-refractivity contribution in [1.29, 1.82) is 5.26 Å². The SMILES string of the molecule is N#CCCNC(=O)CS(=O)(=O)c1ccc(N)cc1. The van der Waals surface area contributed by atoms with Crippen LogP contribution in [0.4, 0.5) is 5.69 Å². The van der Waals surface area contributed by atoms with Gasteiger partial charge in [0.05, 0.1) is 17.4 Å². The number of sulfone groups is 1. The summed E-state index contributed by atoms with van der Waals surface area (Å²) in [5.41, 5.74) is 5.90. The Bertz CT molecular complexity index is 558. The van der Waals surface area contributed by atoms with Crippen molar-refractivity contribution in [3.63, 3.8) is 0 Å². The molecular formula is C11H13N3O3S. The highest BCUT2D eigenvalue weighted by Crippen LogP contribution is 2.13. The molecule has 6 nitrogen and oxygen atoms in total. The maximum atomic E-state index is 11.8. The molecule has 0 aliphatic heterocycles. The fraction of sp³-hybridized carbons (Fsp3) is 0.273. The molecule has 0 bridgehead atoms. The van der Waals surface area contributed by atoms with Gasteiger partial charge in [-0.15, -0.1) is 0 Å². The minimum atomic E-state index is -3.66. The van der Waals surface area contributed by atoms with Crippen LogP contribution in [-0.2, 0) is 14.6 Å². The van der Waals surface area contributed by atoms with Crippen LogP contribution in [0.15, 0.2) is 29.2 Å². The van der Waals surface area contributed by atoms with Crippen LogP contribution < -0.4 is 11.1 Å². The van der Waals surface area contributed by atoms with Gasteiger partial charge in [0.15, 0.2) is 9.84 Å². The van der Waals surface area contributed by atoms with Crippen molar-refractivity contribution < 1.29 is 13.2 Å². The molecule has 0 unspecified atom stereocenters. The van der Waals surface area contributed by atoms with Crippen LogP contribution in [0, 0.1) is 11.3 Å². The molecule has 1 rings (SSSR count). The van der Waals surface area contributed by atoms with Crippen molar-refractivity contribution in [3.05, 3.63) is 24.3 Å². The number of benzene rings is 1. The summed E-state index contributed by atoms with van der Waals surface area (Å²) >= 11 is 0. The third kappa shape index (κ3) is 4.07. The fourth-order valence-electron chi connectivity index (χ4n) is 1.24. The second kappa shape index (κ2) is 6.02. The van der Waals surface area contributed by atoms with Gasteiger partial charge in [-0.2, -0.15) is 5.26 Å². The molecule has 1 amide bonds. The number of carbonyl (C=O) groups excluding carboxylic acids is 1. The minimum absolute atomic E-state index is 0.0483. The largest absolute Gasteiger partial charge is 0.399 e. The van der Waals surface area contributed by atoms with Gasteiger partial charge in [0, 0.05) is 12.2 Å². The molecule has 0 aliphatic rings. The summed E-state index contributed by atoms with van der Waals surface area (Å²) in [5, 5.41) is 10.6. The van der Waals surface area contributed by atoms with E-state index < -0.39 is 21.5 Å². The van der Waals surface area contributed by atoms with Gasteiger partial charge in [0.2, 0.25) is 5.91 Å². The first-order valence-corrected chi connectivity index (χ1v) is 6.83. The smallest absolute Gasteiger partial charge is 0.235 e. The molecule has 0 fully saturated rings. The van der Waals surface area contributed by atoms with E-state index in [1.165, 1.54) is 24.3 Å². The third-order valence-corrected chi connectivity index (χ3v) is 3.75. The Morgan fingerprint density at radius 3 is 2.50 bits per heavy atom. The highest BCUT2D eigenvalue weighted by Gasteiger charge is 2.18. The molecule has 1 aromatic rings. The highest BCUT2D eigenvalue weighted by atomic mass is 32.2. The van der Waals surface area contributed by atoms with Gasteiger partial charge in [-0.1, -0.05) is 0 Å². The molecule has 7 heteroatoms. The summed E-state index contributed by atoms with van der Waals surface area (Å²) in [6, 6.07) is 7.47. The fourth-order valence-corrected chi connectivity index (χ4v) is 2.40.